The van der Waals surface area contributed by atoms with Crippen LogP contribution < -0.4 is 0 Å². The molecule has 0 aromatic carbocycles. The van der Waals surface area contributed by atoms with E-state index >= 15 is 0 Å². The zero-order valence-electron chi connectivity index (χ0n) is 20.2. The lowest BCUT2D eigenvalue weighted by atomic mass is 9.44. The van der Waals surface area contributed by atoms with E-state index in [4.69, 9.17) is 0 Å². The Bertz CT molecular complexity index is 615. The van der Waals surface area contributed by atoms with Crippen molar-refractivity contribution in [3.05, 3.63) is 0 Å². The van der Waals surface area contributed by atoms with Gasteiger partial charge in [0.1, 0.15) is 0 Å². The van der Waals surface area contributed by atoms with Gasteiger partial charge in [0.05, 0.1) is 17.8 Å². The van der Waals surface area contributed by atoms with Crippen molar-refractivity contribution < 1.29 is 15.3 Å². The quantitative estimate of drug-likeness (QED) is 0.546. The Morgan fingerprint density at radius 2 is 1.63 bits per heavy atom. The van der Waals surface area contributed by atoms with Gasteiger partial charge < -0.3 is 15.3 Å². The van der Waals surface area contributed by atoms with E-state index in [0.717, 1.165) is 50.9 Å². The Morgan fingerprint density at radius 1 is 0.933 bits per heavy atom. The van der Waals surface area contributed by atoms with Gasteiger partial charge in [-0.25, -0.2) is 0 Å². The summed E-state index contributed by atoms with van der Waals surface area (Å²) in [5.41, 5.74) is -0.355. The van der Waals surface area contributed by atoms with Gasteiger partial charge in [0.15, 0.2) is 0 Å². The monoisotopic (exact) mass is 420 g/mol. The summed E-state index contributed by atoms with van der Waals surface area (Å²) in [5.74, 6) is 3.30. The van der Waals surface area contributed by atoms with Gasteiger partial charge in [0, 0.05) is 5.92 Å². The average molecular weight is 421 g/mol. The fourth-order valence-electron chi connectivity index (χ4n) is 9.40. The molecule has 0 saturated heterocycles. The minimum atomic E-state index is -0.777. The average Bonchev–Trinajstić information content (AvgIpc) is 2.92. The summed E-state index contributed by atoms with van der Waals surface area (Å²) in [6.45, 7) is 11.4. The van der Waals surface area contributed by atoms with Crippen LogP contribution in [0, 0.1) is 46.3 Å². The Balaban J connectivity index is 1.54. The number of rotatable bonds is 5. The molecular formula is C27H48O3. The lowest BCUT2D eigenvalue weighted by Gasteiger charge is -2.61. The second kappa shape index (κ2) is 8.03. The van der Waals surface area contributed by atoms with Crippen LogP contribution in [0.5, 0.6) is 0 Å². The highest BCUT2D eigenvalue weighted by Crippen LogP contribution is 2.68. The predicted molar refractivity (Wildman–Crippen MR) is 122 cm³/mol. The summed E-state index contributed by atoms with van der Waals surface area (Å²) >= 11 is 0. The van der Waals surface area contributed by atoms with Crippen molar-refractivity contribution in [2.75, 3.05) is 0 Å². The van der Waals surface area contributed by atoms with E-state index in [1.165, 1.54) is 25.7 Å². The van der Waals surface area contributed by atoms with Gasteiger partial charge in [-0.15, -0.1) is 0 Å². The highest BCUT2D eigenvalue weighted by molar-refractivity contribution is 5.13. The molecule has 0 heterocycles. The molecule has 4 fully saturated rings. The molecule has 0 bridgehead atoms. The molecule has 3 nitrogen and oxygen atoms in total. The van der Waals surface area contributed by atoms with Crippen LogP contribution in [0.3, 0.4) is 0 Å². The van der Waals surface area contributed by atoms with E-state index in [1.54, 1.807) is 0 Å². The Kier molecular flexibility index (Phi) is 6.17. The van der Waals surface area contributed by atoms with Crippen LogP contribution in [-0.4, -0.2) is 33.1 Å². The first-order valence-corrected chi connectivity index (χ1v) is 13.1. The molecule has 30 heavy (non-hydrogen) atoms. The third kappa shape index (κ3) is 3.69. The molecule has 4 aliphatic rings. The lowest BCUT2D eigenvalue weighted by molar-refractivity contribution is -0.150. The van der Waals surface area contributed by atoms with Crippen molar-refractivity contribution in [2.24, 2.45) is 46.3 Å². The molecule has 4 aliphatic carbocycles. The topological polar surface area (TPSA) is 60.7 Å². The highest BCUT2D eigenvalue weighted by Gasteiger charge is 2.64. The fourth-order valence-corrected chi connectivity index (χ4v) is 9.40. The van der Waals surface area contributed by atoms with Crippen molar-refractivity contribution in [3.8, 4) is 0 Å². The number of hydrogen-bond acceptors (Lipinski definition) is 3. The van der Waals surface area contributed by atoms with E-state index in [2.05, 4.69) is 27.7 Å². The number of hydrogen-bond donors (Lipinski definition) is 3. The zero-order valence-corrected chi connectivity index (χ0v) is 20.2. The van der Waals surface area contributed by atoms with Crippen LogP contribution in [0.25, 0.3) is 0 Å². The summed E-state index contributed by atoms with van der Waals surface area (Å²) < 4.78 is 0. The summed E-state index contributed by atoms with van der Waals surface area (Å²) in [5, 5.41) is 33.1. The van der Waals surface area contributed by atoms with Gasteiger partial charge >= 0.3 is 0 Å². The van der Waals surface area contributed by atoms with Crippen LogP contribution in [0.1, 0.15) is 105 Å². The van der Waals surface area contributed by atoms with E-state index in [9.17, 15) is 15.3 Å². The van der Waals surface area contributed by atoms with Crippen LogP contribution in [0.2, 0.25) is 0 Å². The highest BCUT2D eigenvalue weighted by atomic mass is 16.3. The second-order valence-corrected chi connectivity index (χ2v) is 13.1. The molecule has 0 aliphatic heterocycles. The van der Waals surface area contributed by atoms with Crippen molar-refractivity contribution in [1.82, 2.24) is 0 Å². The Labute approximate surface area is 185 Å². The number of aliphatic hydroxyl groups excluding tert-OH is 2. The molecule has 0 aromatic heterocycles. The van der Waals surface area contributed by atoms with Crippen molar-refractivity contribution >= 4 is 0 Å². The molecule has 4 rings (SSSR count). The van der Waals surface area contributed by atoms with E-state index in [1.807, 2.05) is 6.92 Å². The predicted octanol–water partition coefficient (Wildman–Crippen LogP) is 5.55. The molecule has 0 aromatic rings. The maximum absolute atomic E-state index is 11.6. The third-order valence-electron chi connectivity index (χ3n) is 10.8. The van der Waals surface area contributed by atoms with Gasteiger partial charge in [-0.1, -0.05) is 40.5 Å². The van der Waals surface area contributed by atoms with Crippen molar-refractivity contribution in [3.63, 3.8) is 0 Å². The Morgan fingerprint density at radius 3 is 2.33 bits per heavy atom. The molecule has 0 radical (unpaired) electrons. The maximum Gasteiger partial charge on any atom is 0.0677 e. The number of aliphatic hydroxyl groups is 3. The van der Waals surface area contributed by atoms with Crippen LogP contribution >= 0.6 is 0 Å². The molecule has 0 amide bonds. The lowest BCUT2D eigenvalue weighted by Crippen LogP contribution is -2.56. The van der Waals surface area contributed by atoms with Crippen LogP contribution in [0.15, 0.2) is 0 Å². The molecule has 10 atom stereocenters. The standard InChI is InChI=1S/C27H48O3/c1-17(2)7-6-12-27(5,30)24-23(29)16-22-20-9-8-18-15-19(28)10-13-25(18,3)21(20)11-14-26(22,24)4/h17-24,28-30H,6-16H2,1-5H3/t18-,19?,20+,21-,22-,23+,24-,25-,26-,27-/m0/s1. The number of fused-ring (bicyclic) bond motifs is 5. The molecule has 4 saturated carbocycles. The third-order valence-corrected chi connectivity index (χ3v) is 10.8. The minimum Gasteiger partial charge on any atom is -0.393 e. The molecule has 3 N–H and O–H groups in total. The van der Waals surface area contributed by atoms with E-state index in [0.29, 0.717) is 29.1 Å². The zero-order chi connectivity index (χ0) is 21.9. The summed E-state index contributed by atoms with van der Waals surface area (Å²) in [7, 11) is 0. The van der Waals surface area contributed by atoms with Crippen molar-refractivity contribution in [2.45, 2.75) is 123 Å². The van der Waals surface area contributed by atoms with Gasteiger partial charge in [0.2, 0.25) is 0 Å². The molecule has 0 spiro atoms. The normalized spacial score (nSPS) is 50.5. The first-order valence-electron chi connectivity index (χ1n) is 13.1. The largest absolute Gasteiger partial charge is 0.393 e. The van der Waals surface area contributed by atoms with Gasteiger partial charge in [-0.2, -0.15) is 0 Å². The van der Waals surface area contributed by atoms with Crippen LogP contribution in [0.4, 0.5) is 0 Å². The Hall–Kier alpha value is -0.120. The van der Waals surface area contributed by atoms with Gasteiger partial charge in [0.25, 0.3) is 0 Å². The first-order chi connectivity index (χ1) is 14.0. The molecule has 1 unspecified atom stereocenters. The van der Waals surface area contributed by atoms with Crippen molar-refractivity contribution in [1.29, 1.82) is 0 Å². The first kappa shape index (κ1) is 23.1. The second-order valence-electron chi connectivity index (χ2n) is 13.1. The van der Waals surface area contributed by atoms with E-state index in [-0.39, 0.29) is 23.5 Å². The SMILES string of the molecule is CC(C)CCC[C@](C)(O)[C@H]1[C@H](O)C[C@H]2[C@@H]3CC[C@H]4CC(O)CC[C@]4(C)[C@H]3CC[C@@]21C. The van der Waals surface area contributed by atoms with Crippen LogP contribution in [-0.2, 0) is 0 Å². The van der Waals surface area contributed by atoms with Gasteiger partial charge in [-0.3, -0.25) is 0 Å². The summed E-state index contributed by atoms with van der Waals surface area (Å²) in [4.78, 5) is 0. The smallest absolute Gasteiger partial charge is 0.0677 e. The maximum atomic E-state index is 11.6. The van der Waals surface area contributed by atoms with E-state index < -0.39 is 5.60 Å². The molecular weight excluding hydrogens is 372 g/mol. The molecule has 174 valence electrons. The fraction of sp³-hybridized carbons (Fsp3) is 1.00. The molecule has 3 heteroatoms. The summed E-state index contributed by atoms with van der Waals surface area (Å²) in [6, 6.07) is 0. The summed E-state index contributed by atoms with van der Waals surface area (Å²) in [6.07, 6.45) is 11.4. The minimum absolute atomic E-state index is 0.00169. The van der Waals surface area contributed by atoms with Gasteiger partial charge in [-0.05, 0) is 105 Å².